The average Bonchev–Trinajstić information content (AvgIpc) is 3.54. The van der Waals surface area contributed by atoms with Crippen LogP contribution in [0.1, 0.15) is 17.3 Å². The first kappa shape index (κ1) is 22.7. The fraction of sp³-hybridized carbons (Fsp3) is 0.0286. The van der Waals surface area contributed by atoms with Gasteiger partial charge in [-0.05, 0) is 59.7 Å². The lowest BCUT2D eigenvalue weighted by molar-refractivity contribution is 0.402. The maximum atomic E-state index is 16.2. The molecule has 4 aromatic carbocycles. The fourth-order valence-electron chi connectivity index (χ4n) is 5.72. The molecule has 0 aliphatic rings. The van der Waals surface area contributed by atoms with Crippen molar-refractivity contribution in [1.82, 2.24) is 14.5 Å². The summed E-state index contributed by atoms with van der Waals surface area (Å²) >= 11 is 0. The summed E-state index contributed by atoms with van der Waals surface area (Å²) in [6.45, 7) is 0. The van der Waals surface area contributed by atoms with Crippen molar-refractivity contribution in [1.29, 1.82) is 0 Å². The van der Waals surface area contributed by atoms with Crippen LogP contribution < -0.4 is 0 Å². The van der Waals surface area contributed by atoms with Gasteiger partial charge in [0.25, 0.3) is 0 Å². The van der Waals surface area contributed by atoms with Crippen molar-refractivity contribution in [2.75, 3.05) is 0 Å². The number of hydrogen-bond acceptors (Lipinski definition) is 3. The molecule has 0 amide bonds. The number of benzene rings is 4. The minimum atomic E-state index is -1.30. The minimum absolute atomic E-state index is 0.583. The molecule has 1 unspecified atom stereocenters. The molecule has 0 fully saturated rings. The monoisotopic (exact) mass is 519 g/mol. The van der Waals surface area contributed by atoms with Gasteiger partial charge in [0, 0.05) is 45.6 Å². The van der Waals surface area contributed by atoms with Crippen LogP contribution in [0.5, 0.6) is 0 Å². The smallest absolute Gasteiger partial charge is 0.150 e. The quantitative estimate of drug-likeness (QED) is 0.233. The number of furan rings is 1. The third-order valence-corrected chi connectivity index (χ3v) is 7.60. The van der Waals surface area contributed by atoms with Crippen LogP contribution in [0.4, 0.5) is 4.39 Å². The Hall–Kier alpha value is -5.29. The Balaban J connectivity index is 1.34. The topological polar surface area (TPSA) is 43.9 Å². The van der Waals surface area contributed by atoms with Gasteiger partial charge in [-0.3, -0.25) is 9.55 Å². The highest BCUT2D eigenvalue weighted by atomic mass is 19.1. The van der Waals surface area contributed by atoms with Gasteiger partial charge in [-0.2, -0.15) is 0 Å². The Morgan fingerprint density at radius 1 is 0.575 bits per heavy atom. The molecular formula is C35H22FN3O. The molecule has 0 aliphatic heterocycles. The number of para-hydroxylation sites is 1. The highest BCUT2D eigenvalue weighted by Gasteiger charge is 2.20. The predicted octanol–water partition coefficient (Wildman–Crippen LogP) is 9.20. The van der Waals surface area contributed by atoms with Crippen LogP contribution in [0.15, 0.2) is 132 Å². The fourth-order valence-corrected chi connectivity index (χ4v) is 5.72. The van der Waals surface area contributed by atoms with E-state index in [2.05, 4.69) is 32.7 Å². The largest absolute Gasteiger partial charge is 0.456 e. The van der Waals surface area contributed by atoms with E-state index in [9.17, 15) is 0 Å². The number of fused-ring (bicyclic) bond motifs is 6. The molecule has 8 rings (SSSR count). The van der Waals surface area contributed by atoms with Crippen molar-refractivity contribution < 1.29 is 8.81 Å². The van der Waals surface area contributed by atoms with E-state index in [1.165, 1.54) is 0 Å². The van der Waals surface area contributed by atoms with E-state index in [-0.39, 0.29) is 0 Å². The zero-order valence-corrected chi connectivity index (χ0v) is 21.3. The van der Waals surface area contributed by atoms with E-state index in [1.54, 1.807) is 12.4 Å². The molecule has 4 nitrogen and oxygen atoms in total. The molecule has 4 heterocycles. The van der Waals surface area contributed by atoms with E-state index < -0.39 is 6.17 Å². The van der Waals surface area contributed by atoms with Crippen LogP contribution in [-0.2, 0) is 0 Å². The maximum Gasteiger partial charge on any atom is 0.150 e. The first-order valence-corrected chi connectivity index (χ1v) is 13.2. The Bertz CT molecular complexity index is 2180. The number of halogens is 1. The normalized spacial score (nSPS) is 12.5. The molecule has 0 radical (unpaired) electrons. The van der Waals surface area contributed by atoms with Crippen LogP contribution in [0.25, 0.3) is 60.8 Å². The summed E-state index contributed by atoms with van der Waals surface area (Å²) in [5, 5.41) is 4.23. The van der Waals surface area contributed by atoms with E-state index in [1.807, 2.05) is 97.1 Å². The van der Waals surface area contributed by atoms with Crippen LogP contribution >= 0.6 is 0 Å². The average molecular weight is 520 g/mol. The van der Waals surface area contributed by atoms with Crippen LogP contribution in [0.2, 0.25) is 0 Å². The van der Waals surface area contributed by atoms with Gasteiger partial charge in [-0.25, -0.2) is 9.37 Å². The molecule has 0 saturated carbocycles. The second-order valence-electron chi connectivity index (χ2n) is 9.97. The van der Waals surface area contributed by atoms with Crippen LogP contribution in [0, 0.1) is 0 Å². The number of hydrogen-bond donors (Lipinski definition) is 0. The van der Waals surface area contributed by atoms with E-state index in [0.717, 1.165) is 60.8 Å². The highest BCUT2D eigenvalue weighted by molar-refractivity contribution is 6.17. The molecule has 190 valence electrons. The SMILES string of the molecule is FC(c1cccc(-c2ccccn2)c1)c1ccc2c3cc4c(cc3n(-c3ccccn3)c2c1)oc1ccccc14. The summed E-state index contributed by atoms with van der Waals surface area (Å²) in [6.07, 6.45) is 2.22. The first-order valence-electron chi connectivity index (χ1n) is 13.2. The van der Waals surface area contributed by atoms with Gasteiger partial charge in [0.05, 0.1) is 16.7 Å². The molecule has 40 heavy (non-hydrogen) atoms. The molecule has 1 atom stereocenters. The van der Waals surface area contributed by atoms with Crippen molar-refractivity contribution in [3.05, 3.63) is 139 Å². The second-order valence-corrected chi connectivity index (χ2v) is 9.97. The predicted molar refractivity (Wildman–Crippen MR) is 158 cm³/mol. The lowest BCUT2D eigenvalue weighted by atomic mass is 9.98. The molecule has 0 N–H and O–H groups in total. The van der Waals surface area contributed by atoms with Crippen molar-refractivity contribution in [3.63, 3.8) is 0 Å². The van der Waals surface area contributed by atoms with Gasteiger partial charge >= 0.3 is 0 Å². The maximum absolute atomic E-state index is 16.2. The summed E-state index contributed by atoms with van der Waals surface area (Å²) in [4.78, 5) is 9.08. The minimum Gasteiger partial charge on any atom is -0.456 e. The number of aromatic nitrogens is 3. The lowest BCUT2D eigenvalue weighted by Gasteiger charge is -2.12. The van der Waals surface area contributed by atoms with Crippen molar-refractivity contribution in [2.24, 2.45) is 0 Å². The summed E-state index contributed by atoms with van der Waals surface area (Å²) in [7, 11) is 0. The van der Waals surface area contributed by atoms with Gasteiger partial charge < -0.3 is 4.42 Å². The van der Waals surface area contributed by atoms with Gasteiger partial charge in [-0.1, -0.05) is 60.7 Å². The summed E-state index contributed by atoms with van der Waals surface area (Å²) in [5.41, 5.74) is 6.40. The third kappa shape index (κ3) is 3.52. The Morgan fingerprint density at radius 2 is 1.38 bits per heavy atom. The molecule has 0 saturated heterocycles. The standard InChI is InChI=1S/C35H22FN3O/c36-35(23-9-7-8-22(18-23)29-11-3-5-16-37-29)24-14-15-25-27-20-28-26-10-1-2-12-32(26)40-33(28)21-31(27)39(30(25)19-24)34-13-4-6-17-38-34/h1-21,35H. The first-order chi connectivity index (χ1) is 19.7. The molecule has 8 aromatic rings. The Labute approximate surface area is 229 Å². The third-order valence-electron chi connectivity index (χ3n) is 7.60. The van der Waals surface area contributed by atoms with Gasteiger partial charge in [0.1, 0.15) is 17.0 Å². The zero-order valence-electron chi connectivity index (χ0n) is 21.3. The van der Waals surface area contributed by atoms with Gasteiger partial charge in [0.15, 0.2) is 6.17 Å². The molecule has 5 heteroatoms. The molecule has 0 spiro atoms. The molecule has 0 aliphatic carbocycles. The van der Waals surface area contributed by atoms with Crippen molar-refractivity contribution in [3.8, 4) is 17.1 Å². The molecule has 0 bridgehead atoms. The Kier molecular flexibility index (Phi) is 5.04. The zero-order chi connectivity index (χ0) is 26.6. The van der Waals surface area contributed by atoms with Crippen molar-refractivity contribution >= 4 is 43.7 Å². The van der Waals surface area contributed by atoms with Gasteiger partial charge in [0.2, 0.25) is 0 Å². The highest BCUT2D eigenvalue weighted by Crippen LogP contribution is 2.39. The summed E-state index contributed by atoms with van der Waals surface area (Å²) < 4.78 is 24.5. The number of pyridine rings is 2. The van der Waals surface area contributed by atoms with Crippen LogP contribution in [-0.4, -0.2) is 14.5 Å². The van der Waals surface area contributed by atoms with Crippen molar-refractivity contribution in [2.45, 2.75) is 6.17 Å². The Morgan fingerprint density at radius 3 is 2.23 bits per heavy atom. The van der Waals surface area contributed by atoms with E-state index in [0.29, 0.717) is 11.1 Å². The summed E-state index contributed by atoms with van der Waals surface area (Å²) in [6, 6.07) is 37.3. The lowest BCUT2D eigenvalue weighted by Crippen LogP contribution is -1.99. The van der Waals surface area contributed by atoms with Gasteiger partial charge in [-0.15, -0.1) is 0 Å². The summed E-state index contributed by atoms with van der Waals surface area (Å²) in [5.74, 6) is 0.766. The molecular weight excluding hydrogens is 497 g/mol. The second kappa shape index (κ2) is 8.89. The van der Waals surface area contributed by atoms with Crippen LogP contribution in [0.3, 0.4) is 0 Å². The number of alkyl halides is 1. The van der Waals surface area contributed by atoms with E-state index in [4.69, 9.17) is 4.42 Å². The van der Waals surface area contributed by atoms with E-state index >= 15 is 4.39 Å². The number of rotatable bonds is 4. The molecule has 4 aromatic heterocycles. The number of nitrogens with zero attached hydrogens (tertiary/aromatic N) is 3.